The molecule has 0 radical (unpaired) electrons. The smallest absolute Gasteiger partial charge is 0.168 e. The SMILES string of the molecule is C=CC1=C(C=C)N(c2ccc(-c3nnc(-c4ccc(N5c6ccccc6Oc6ccccc65)cc4)n3-c3ccccc3)cc2)c2ccccc2O1. The van der Waals surface area contributed by atoms with Crippen molar-refractivity contribution in [2.45, 2.75) is 0 Å². The van der Waals surface area contributed by atoms with Gasteiger partial charge in [0.25, 0.3) is 0 Å². The van der Waals surface area contributed by atoms with E-state index >= 15 is 0 Å². The quantitative estimate of drug-likeness (QED) is 0.169. The molecule has 9 rings (SSSR count). The number of anilines is 5. The molecule has 0 bridgehead atoms. The van der Waals surface area contributed by atoms with E-state index in [4.69, 9.17) is 19.7 Å². The van der Waals surface area contributed by atoms with E-state index in [0.29, 0.717) is 5.76 Å². The van der Waals surface area contributed by atoms with Crippen LogP contribution >= 0.6 is 0 Å². The van der Waals surface area contributed by atoms with Crippen molar-refractivity contribution in [2.24, 2.45) is 0 Å². The molecule has 244 valence electrons. The number of hydrogen-bond donors (Lipinski definition) is 0. The van der Waals surface area contributed by atoms with Gasteiger partial charge in [0, 0.05) is 28.2 Å². The summed E-state index contributed by atoms with van der Waals surface area (Å²) in [5.41, 5.74) is 8.51. The molecule has 2 aliphatic rings. The monoisotopic (exact) mass is 661 g/mol. The Hall–Kier alpha value is -7.12. The van der Waals surface area contributed by atoms with Crippen LogP contribution in [0.4, 0.5) is 28.4 Å². The first-order chi connectivity index (χ1) is 25.2. The first-order valence-electron chi connectivity index (χ1n) is 16.7. The Bertz CT molecular complexity index is 2420. The fourth-order valence-corrected chi connectivity index (χ4v) is 6.74. The minimum atomic E-state index is 0.647. The lowest BCUT2D eigenvalue weighted by molar-refractivity contribution is 0.431. The largest absolute Gasteiger partial charge is 0.453 e. The van der Waals surface area contributed by atoms with Crippen molar-refractivity contribution in [3.63, 3.8) is 0 Å². The number of aromatic nitrogens is 3. The van der Waals surface area contributed by atoms with Crippen LogP contribution in [-0.4, -0.2) is 14.8 Å². The summed E-state index contributed by atoms with van der Waals surface area (Å²) < 4.78 is 14.5. The van der Waals surface area contributed by atoms with Crippen LogP contribution in [0.2, 0.25) is 0 Å². The summed E-state index contributed by atoms with van der Waals surface area (Å²) >= 11 is 0. The highest BCUT2D eigenvalue weighted by molar-refractivity contribution is 5.87. The normalized spacial score (nSPS) is 13.0. The Balaban J connectivity index is 1.11. The van der Waals surface area contributed by atoms with E-state index in [1.807, 2.05) is 78.9 Å². The van der Waals surface area contributed by atoms with Gasteiger partial charge in [-0.1, -0.05) is 67.8 Å². The van der Waals surface area contributed by atoms with Crippen LogP contribution in [0.3, 0.4) is 0 Å². The molecule has 7 nitrogen and oxygen atoms in total. The summed E-state index contributed by atoms with van der Waals surface area (Å²) in [6.07, 6.45) is 3.50. The summed E-state index contributed by atoms with van der Waals surface area (Å²) in [7, 11) is 0. The van der Waals surface area contributed by atoms with Crippen molar-refractivity contribution in [3.05, 3.63) is 188 Å². The van der Waals surface area contributed by atoms with E-state index in [2.05, 4.69) is 100 Å². The first kappa shape index (κ1) is 30.0. The molecule has 2 aliphatic heterocycles. The van der Waals surface area contributed by atoms with E-state index in [0.717, 1.165) is 79.8 Å². The second-order valence-corrected chi connectivity index (χ2v) is 12.0. The summed E-state index contributed by atoms with van der Waals surface area (Å²) in [5, 5.41) is 9.52. The van der Waals surface area contributed by atoms with Gasteiger partial charge in [-0.15, -0.1) is 10.2 Å². The second-order valence-electron chi connectivity index (χ2n) is 12.0. The zero-order valence-corrected chi connectivity index (χ0v) is 27.6. The molecule has 0 spiro atoms. The third-order valence-electron chi connectivity index (χ3n) is 9.08. The van der Waals surface area contributed by atoms with Crippen LogP contribution < -0.4 is 19.3 Å². The minimum Gasteiger partial charge on any atom is -0.453 e. The second kappa shape index (κ2) is 12.4. The van der Waals surface area contributed by atoms with Crippen molar-refractivity contribution < 1.29 is 9.47 Å². The van der Waals surface area contributed by atoms with Crippen molar-refractivity contribution >= 4 is 28.4 Å². The first-order valence-corrected chi connectivity index (χ1v) is 16.7. The van der Waals surface area contributed by atoms with E-state index in [9.17, 15) is 0 Å². The van der Waals surface area contributed by atoms with E-state index in [1.165, 1.54) is 0 Å². The third kappa shape index (κ3) is 5.07. The van der Waals surface area contributed by atoms with Crippen LogP contribution in [0, 0.1) is 0 Å². The molecule has 0 saturated heterocycles. The molecule has 1 aromatic heterocycles. The molecule has 0 saturated carbocycles. The molecule has 7 heteroatoms. The van der Waals surface area contributed by atoms with Crippen LogP contribution in [0.1, 0.15) is 0 Å². The number of fused-ring (bicyclic) bond motifs is 3. The number of allylic oxidation sites excluding steroid dienone is 2. The summed E-state index contributed by atoms with van der Waals surface area (Å²) in [6.45, 7) is 8.03. The summed E-state index contributed by atoms with van der Waals surface area (Å²) in [5.74, 6) is 4.50. The molecule has 0 atom stereocenters. The Morgan fingerprint density at radius 2 is 0.882 bits per heavy atom. The highest BCUT2D eigenvalue weighted by Gasteiger charge is 2.27. The zero-order valence-electron chi connectivity index (χ0n) is 27.6. The van der Waals surface area contributed by atoms with Crippen LogP contribution in [-0.2, 0) is 0 Å². The Morgan fingerprint density at radius 1 is 0.431 bits per heavy atom. The van der Waals surface area contributed by atoms with Gasteiger partial charge in [-0.2, -0.15) is 0 Å². The molecule has 6 aromatic carbocycles. The molecule has 0 fully saturated rings. The van der Waals surface area contributed by atoms with Crippen molar-refractivity contribution in [1.29, 1.82) is 0 Å². The fourth-order valence-electron chi connectivity index (χ4n) is 6.74. The molecule has 51 heavy (non-hydrogen) atoms. The molecule has 0 unspecified atom stereocenters. The number of nitrogens with zero attached hydrogens (tertiary/aromatic N) is 5. The van der Waals surface area contributed by atoms with E-state index in [-0.39, 0.29) is 0 Å². The minimum absolute atomic E-state index is 0.647. The van der Waals surface area contributed by atoms with Gasteiger partial charge in [-0.05, 0) is 109 Å². The lowest BCUT2D eigenvalue weighted by Crippen LogP contribution is -2.22. The van der Waals surface area contributed by atoms with Gasteiger partial charge >= 0.3 is 0 Å². The van der Waals surface area contributed by atoms with E-state index in [1.54, 1.807) is 12.2 Å². The predicted octanol–water partition coefficient (Wildman–Crippen LogP) is 11.3. The van der Waals surface area contributed by atoms with Crippen molar-refractivity contribution in [2.75, 3.05) is 9.80 Å². The van der Waals surface area contributed by atoms with Crippen molar-refractivity contribution in [3.8, 4) is 45.7 Å². The van der Waals surface area contributed by atoms with Gasteiger partial charge in [0.2, 0.25) is 0 Å². The summed E-state index contributed by atoms with van der Waals surface area (Å²) in [4.78, 5) is 4.36. The molecule has 0 amide bonds. The zero-order chi connectivity index (χ0) is 34.3. The van der Waals surface area contributed by atoms with Crippen LogP contribution in [0.5, 0.6) is 17.2 Å². The standard InChI is InChI=1S/C44H31N5O2/c1-3-35-39(4-2)50-40-19-11-8-16-36(40)47(35)33-26-22-30(23-27-33)43-45-46-44(49(43)32-14-6-5-7-15-32)31-24-28-34(29-25-31)48-37-17-9-12-20-41(37)51-42-21-13-10-18-38(42)48/h3-29H,1-2H2. The number of para-hydroxylation sites is 7. The van der Waals surface area contributed by atoms with Gasteiger partial charge in [-0.25, -0.2) is 0 Å². The molecule has 3 heterocycles. The molecule has 0 N–H and O–H groups in total. The maximum Gasteiger partial charge on any atom is 0.168 e. The third-order valence-corrected chi connectivity index (χ3v) is 9.08. The fraction of sp³-hybridized carbons (Fsp3) is 0. The number of benzene rings is 6. The maximum absolute atomic E-state index is 6.23. The van der Waals surface area contributed by atoms with Crippen LogP contribution in [0.25, 0.3) is 28.5 Å². The van der Waals surface area contributed by atoms with Gasteiger partial charge < -0.3 is 19.3 Å². The van der Waals surface area contributed by atoms with Gasteiger partial charge in [0.15, 0.2) is 34.7 Å². The average Bonchev–Trinajstić information content (AvgIpc) is 3.65. The van der Waals surface area contributed by atoms with E-state index < -0.39 is 0 Å². The molecule has 7 aromatic rings. The number of hydrogen-bond acceptors (Lipinski definition) is 6. The predicted molar refractivity (Wildman–Crippen MR) is 204 cm³/mol. The maximum atomic E-state index is 6.23. The highest BCUT2D eigenvalue weighted by atomic mass is 16.5. The molecular weight excluding hydrogens is 631 g/mol. The average molecular weight is 662 g/mol. The molecular formula is C44H31N5O2. The molecule has 0 aliphatic carbocycles. The number of ether oxygens (including phenoxy) is 2. The highest BCUT2D eigenvalue weighted by Crippen LogP contribution is 2.50. The lowest BCUT2D eigenvalue weighted by Gasteiger charge is -2.33. The topological polar surface area (TPSA) is 55.7 Å². The lowest BCUT2D eigenvalue weighted by atomic mass is 10.1. The van der Waals surface area contributed by atoms with Gasteiger partial charge in [0.05, 0.1) is 22.8 Å². The Labute approximate surface area is 295 Å². The van der Waals surface area contributed by atoms with Gasteiger partial charge in [-0.3, -0.25) is 4.57 Å². The Kier molecular flexibility index (Phi) is 7.29. The van der Waals surface area contributed by atoms with Gasteiger partial charge in [0.1, 0.15) is 0 Å². The number of rotatable bonds is 7. The van der Waals surface area contributed by atoms with Crippen LogP contribution in [0.15, 0.2) is 188 Å². The Morgan fingerprint density at radius 3 is 1.39 bits per heavy atom. The van der Waals surface area contributed by atoms with Crippen molar-refractivity contribution in [1.82, 2.24) is 14.8 Å². The summed E-state index contributed by atoms with van der Waals surface area (Å²) in [6, 6.07) is 51.1.